The van der Waals surface area contributed by atoms with E-state index >= 15 is 0 Å². The Morgan fingerprint density at radius 2 is 1.29 bits per heavy atom. The van der Waals surface area contributed by atoms with Crippen LogP contribution in [-0.2, 0) is 12.3 Å². The van der Waals surface area contributed by atoms with E-state index in [1.54, 1.807) is 0 Å². The Morgan fingerprint density at radius 3 is 1.65 bits per heavy atom. The Hall–Kier alpha value is 1.04. The Balaban J connectivity index is 2.74. The lowest BCUT2D eigenvalue weighted by Crippen LogP contribution is -2.65. The second kappa shape index (κ2) is 4.86. The van der Waals surface area contributed by atoms with Crippen molar-refractivity contribution in [2.45, 2.75) is 57.9 Å². The van der Waals surface area contributed by atoms with Gasteiger partial charge in [-0.1, -0.05) is 13.1 Å². The van der Waals surface area contributed by atoms with Crippen LogP contribution in [0.1, 0.15) is 0 Å². The first-order valence-corrected chi connectivity index (χ1v) is 18.5. The van der Waals surface area contributed by atoms with Crippen LogP contribution in [0.2, 0.25) is 57.9 Å². The molecular formula is C9H25ClO3Si4. The summed E-state index contributed by atoms with van der Waals surface area (Å²) in [5.74, 6) is 0. The summed E-state index contributed by atoms with van der Waals surface area (Å²) < 4.78 is 18.5. The van der Waals surface area contributed by atoms with E-state index in [0.717, 1.165) is 12.1 Å². The minimum absolute atomic E-state index is 1.01. The number of halogens is 1. The topological polar surface area (TPSA) is 27.7 Å². The number of hydrogen-bond donors (Lipinski definition) is 0. The Labute approximate surface area is 114 Å². The molecule has 1 heterocycles. The molecule has 1 saturated heterocycles. The molecule has 1 aliphatic heterocycles. The van der Waals surface area contributed by atoms with E-state index in [4.69, 9.17) is 23.4 Å². The molecule has 0 unspecified atom stereocenters. The molecule has 102 valence electrons. The molecule has 0 N–H and O–H groups in total. The van der Waals surface area contributed by atoms with Crippen LogP contribution in [0.25, 0.3) is 0 Å². The van der Waals surface area contributed by atoms with Crippen molar-refractivity contribution in [3.63, 3.8) is 0 Å². The molecule has 0 aromatic carbocycles. The fraction of sp³-hybridized carbons (Fsp3) is 1.00. The molecule has 0 spiro atoms. The van der Waals surface area contributed by atoms with Crippen LogP contribution in [0.5, 0.6) is 0 Å². The van der Waals surface area contributed by atoms with E-state index in [9.17, 15) is 0 Å². The molecule has 0 amide bonds. The van der Waals surface area contributed by atoms with E-state index in [2.05, 4.69) is 45.8 Å². The van der Waals surface area contributed by atoms with E-state index in [1.165, 1.54) is 0 Å². The van der Waals surface area contributed by atoms with Gasteiger partial charge < -0.3 is 12.3 Å². The fourth-order valence-electron chi connectivity index (χ4n) is 2.32. The molecule has 0 bridgehead atoms. The van der Waals surface area contributed by atoms with Crippen molar-refractivity contribution in [2.24, 2.45) is 0 Å². The molecule has 0 aliphatic carbocycles. The second-order valence-corrected chi connectivity index (χ2v) is 24.3. The van der Waals surface area contributed by atoms with Crippen LogP contribution >= 0.6 is 11.1 Å². The van der Waals surface area contributed by atoms with Gasteiger partial charge in [0.05, 0.1) is 0 Å². The van der Waals surface area contributed by atoms with Crippen molar-refractivity contribution in [3.8, 4) is 0 Å². The van der Waals surface area contributed by atoms with Gasteiger partial charge in [-0.2, -0.15) is 11.1 Å². The maximum Gasteiger partial charge on any atom is 0.317 e. The molecule has 1 rings (SSSR count). The summed E-state index contributed by atoms with van der Waals surface area (Å²) in [5, 5.41) is 0. The van der Waals surface area contributed by atoms with E-state index < -0.39 is 33.1 Å². The third kappa shape index (κ3) is 5.68. The zero-order valence-electron chi connectivity index (χ0n) is 12.0. The Kier molecular flexibility index (Phi) is 4.60. The van der Waals surface area contributed by atoms with Crippen molar-refractivity contribution in [1.29, 1.82) is 0 Å². The highest BCUT2D eigenvalue weighted by Gasteiger charge is 2.52. The summed E-state index contributed by atoms with van der Waals surface area (Å²) in [4.78, 5) is 0. The van der Waals surface area contributed by atoms with E-state index in [0.29, 0.717) is 0 Å². The van der Waals surface area contributed by atoms with Crippen LogP contribution in [-0.4, -0.2) is 33.1 Å². The van der Waals surface area contributed by atoms with Gasteiger partial charge in [0.25, 0.3) is 0 Å². The number of rotatable bonds is 3. The molecule has 17 heavy (non-hydrogen) atoms. The standard InChI is InChI=1S/C9H25ClO3Si4/c1-14(2,10)8-9-17(7)12-15(3,4)11-16(5,6)13-17/h8-9H2,1-7H3. The van der Waals surface area contributed by atoms with Gasteiger partial charge >= 0.3 is 25.7 Å². The van der Waals surface area contributed by atoms with Crippen LogP contribution in [0.4, 0.5) is 0 Å². The maximum absolute atomic E-state index is 6.40. The summed E-state index contributed by atoms with van der Waals surface area (Å²) in [7, 11) is -7.59. The lowest BCUT2D eigenvalue weighted by Gasteiger charge is -2.48. The summed E-state index contributed by atoms with van der Waals surface area (Å²) in [6.07, 6.45) is 0. The van der Waals surface area contributed by atoms with Gasteiger partial charge in [-0.15, -0.1) is 0 Å². The van der Waals surface area contributed by atoms with Gasteiger partial charge in [0.2, 0.25) is 0 Å². The predicted octanol–water partition coefficient (Wildman–Crippen LogP) is 3.97. The lowest BCUT2D eigenvalue weighted by molar-refractivity contribution is 0.233. The zero-order chi connectivity index (χ0) is 13.5. The summed E-state index contributed by atoms with van der Waals surface area (Å²) >= 11 is 6.40. The van der Waals surface area contributed by atoms with Gasteiger partial charge in [-0.25, -0.2) is 0 Å². The molecule has 3 nitrogen and oxygen atoms in total. The first-order valence-electron chi connectivity index (χ1n) is 6.12. The third-order valence-corrected chi connectivity index (χ3v) is 17.6. The predicted molar refractivity (Wildman–Crippen MR) is 82.8 cm³/mol. The third-order valence-electron chi connectivity index (χ3n) is 2.59. The minimum atomic E-state index is -2.07. The van der Waals surface area contributed by atoms with Crippen LogP contribution in [0.15, 0.2) is 0 Å². The minimum Gasteiger partial charge on any atom is -0.416 e. The first-order chi connectivity index (χ1) is 7.33. The average molecular weight is 329 g/mol. The lowest BCUT2D eigenvalue weighted by atomic mass is 10.9. The zero-order valence-corrected chi connectivity index (χ0v) is 16.8. The van der Waals surface area contributed by atoms with Crippen molar-refractivity contribution >= 4 is 44.1 Å². The summed E-state index contributed by atoms with van der Waals surface area (Å²) in [5.41, 5.74) is 0. The highest BCUT2D eigenvalue weighted by Crippen LogP contribution is 2.35. The molecule has 8 heteroatoms. The summed E-state index contributed by atoms with van der Waals surface area (Å²) in [6, 6.07) is 2.07. The van der Waals surface area contributed by atoms with Crippen LogP contribution in [0, 0.1) is 0 Å². The van der Waals surface area contributed by atoms with Gasteiger partial charge in [-0.05, 0) is 44.8 Å². The highest BCUT2D eigenvalue weighted by atomic mass is 35.6. The molecule has 1 aliphatic rings. The normalized spacial score (nSPS) is 26.8. The molecular weight excluding hydrogens is 304 g/mol. The molecule has 1 fully saturated rings. The quantitative estimate of drug-likeness (QED) is 0.579. The highest BCUT2D eigenvalue weighted by molar-refractivity contribution is 7.19. The maximum atomic E-state index is 6.40. The summed E-state index contributed by atoms with van der Waals surface area (Å²) in [6.45, 7) is 15.0. The van der Waals surface area contributed by atoms with Crippen molar-refractivity contribution in [2.75, 3.05) is 0 Å². The van der Waals surface area contributed by atoms with Gasteiger partial charge in [0, 0.05) is 0 Å². The van der Waals surface area contributed by atoms with Crippen molar-refractivity contribution < 1.29 is 12.3 Å². The van der Waals surface area contributed by atoms with Crippen molar-refractivity contribution in [3.05, 3.63) is 0 Å². The van der Waals surface area contributed by atoms with Crippen molar-refractivity contribution in [1.82, 2.24) is 0 Å². The number of hydrogen-bond acceptors (Lipinski definition) is 3. The van der Waals surface area contributed by atoms with Gasteiger partial charge in [-0.3, -0.25) is 0 Å². The molecule has 0 radical (unpaired) electrons. The smallest absolute Gasteiger partial charge is 0.317 e. The Bertz CT molecular complexity index is 274. The first kappa shape index (κ1) is 16.1. The molecule has 0 atom stereocenters. The average Bonchev–Trinajstić information content (AvgIpc) is 1.92. The molecule has 0 aromatic heterocycles. The molecule has 0 saturated carbocycles. The van der Waals surface area contributed by atoms with E-state index in [-0.39, 0.29) is 0 Å². The molecule has 0 aromatic rings. The van der Waals surface area contributed by atoms with Crippen LogP contribution in [0.3, 0.4) is 0 Å². The monoisotopic (exact) mass is 328 g/mol. The van der Waals surface area contributed by atoms with E-state index in [1.807, 2.05) is 0 Å². The van der Waals surface area contributed by atoms with Crippen LogP contribution < -0.4 is 0 Å². The SMILES string of the molecule is C[Si](C)(Cl)CC[Si]1(C)O[Si](C)(C)O[Si](C)(C)O1. The fourth-order valence-corrected chi connectivity index (χ4v) is 22.9. The second-order valence-electron chi connectivity index (χ2n) is 6.46. The Morgan fingerprint density at radius 1 is 0.882 bits per heavy atom. The largest absolute Gasteiger partial charge is 0.416 e. The van der Waals surface area contributed by atoms with Gasteiger partial charge in [0.1, 0.15) is 7.38 Å². The van der Waals surface area contributed by atoms with Gasteiger partial charge in [0.15, 0.2) is 0 Å².